The molecule has 0 unspecified atom stereocenters. The number of pyridine rings is 1. The molecule has 9 nitrogen and oxygen atoms in total. The molecule has 0 radical (unpaired) electrons. The van der Waals surface area contributed by atoms with Gasteiger partial charge in [0, 0.05) is 18.3 Å². The zero-order chi connectivity index (χ0) is 17.1. The van der Waals surface area contributed by atoms with Crippen LogP contribution in [0.4, 0.5) is 5.69 Å². The zero-order valence-corrected chi connectivity index (χ0v) is 12.4. The second kappa shape index (κ2) is 6.13. The third-order valence-corrected chi connectivity index (χ3v) is 3.12. The summed E-state index contributed by atoms with van der Waals surface area (Å²) in [5, 5.41) is 21.0. The SMILES string of the molecule is [C-]#[N+]c1ccc(-c2cc(C(=O)O)nn2-c2ccc(OC)nn2)nc1. The van der Waals surface area contributed by atoms with E-state index >= 15 is 0 Å². The van der Waals surface area contributed by atoms with Crippen LogP contribution in [0.15, 0.2) is 36.5 Å². The first-order chi connectivity index (χ1) is 11.6. The van der Waals surface area contributed by atoms with Crippen LogP contribution in [0.1, 0.15) is 10.5 Å². The first-order valence-corrected chi connectivity index (χ1v) is 6.67. The van der Waals surface area contributed by atoms with E-state index in [1.807, 2.05) is 0 Å². The molecule has 3 aromatic rings. The molecule has 118 valence electrons. The van der Waals surface area contributed by atoms with Gasteiger partial charge in [-0.05, 0) is 12.1 Å². The summed E-state index contributed by atoms with van der Waals surface area (Å²) in [6, 6.07) is 7.77. The Kier molecular flexibility index (Phi) is 3.86. The quantitative estimate of drug-likeness (QED) is 0.732. The summed E-state index contributed by atoms with van der Waals surface area (Å²) in [6.45, 7) is 6.95. The van der Waals surface area contributed by atoms with Crippen LogP contribution in [0.25, 0.3) is 22.1 Å². The van der Waals surface area contributed by atoms with Crippen LogP contribution in [-0.4, -0.2) is 43.1 Å². The van der Waals surface area contributed by atoms with E-state index in [-0.39, 0.29) is 5.69 Å². The molecule has 1 N–H and O–H groups in total. The van der Waals surface area contributed by atoms with E-state index in [2.05, 4.69) is 25.1 Å². The largest absolute Gasteiger partial charge is 0.480 e. The summed E-state index contributed by atoms with van der Waals surface area (Å²) in [5.74, 6) is -0.533. The number of hydrogen-bond acceptors (Lipinski definition) is 6. The molecule has 24 heavy (non-hydrogen) atoms. The van der Waals surface area contributed by atoms with Gasteiger partial charge in [-0.2, -0.15) is 5.10 Å². The minimum absolute atomic E-state index is 0.154. The highest BCUT2D eigenvalue weighted by atomic mass is 16.5. The van der Waals surface area contributed by atoms with E-state index in [0.717, 1.165) is 0 Å². The molecular weight excluding hydrogens is 312 g/mol. The minimum atomic E-state index is -1.17. The molecule has 0 atom stereocenters. The maximum Gasteiger partial charge on any atom is 0.356 e. The number of ether oxygens (including phenoxy) is 1. The van der Waals surface area contributed by atoms with E-state index in [4.69, 9.17) is 11.3 Å². The van der Waals surface area contributed by atoms with Gasteiger partial charge in [0.15, 0.2) is 11.5 Å². The number of methoxy groups -OCH3 is 1. The molecule has 0 saturated heterocycles. The molecule has 9 heteroatoms. The molecule has 0 bridgehead atoms. The fourth-order valence-corrected chi connectivity index (χ4v) is 1.98. The van der Waals surface area contributed by atoms with Gasteiger partial charge in [0.05, 0.1) is 25.1 Å². The number of nitrogens with zero attached hydrogens (tertiary/aromatic N) is 6. The number of rotatable bonds is 4. The Morgan fingerprint density at radius 2 is 2.12 bits per heavy atom. The van der Waals surface area contributed by atoms with Crippen molar-refractivity contribution in [1.82, 2.24) is 25.0 Å². The Bertz CT molecular complexity index is 925. The number of carboxylic acids is 1. The van der Waals surface area contributed by atoms with Gasteiger partial charge < -0.3 is 9.84 Å². The smallest absolute Gasteiger partial charge is 0.356 e. The summed E-state index contributed by atoms with van der Waals surface area (Å²) in [7, 11) is 1.47. The first kappa shape index (κ1) is 15.1. The van der Waals surface area contributed by atoms with E-state index in [9.17, 15) is 9.90 Å². The number of carboxylic acid groups (broad SMARTS) is 1. The van der Waals surface area contributed by atoms with Gasteiger partial charge in [-0.1, -0.05) is 6.07 Å². The van der Waals surface area contributed by atoms with Gasteiger partial charge in [0.2, 0.25) is 11.6 Å². The number of carbonyl (C=O) groups is 1. The minimum Gasteiger partial charge on any atom is -0.480 e. The molecular formula is C15H10N6O3. The van der Waals surface area contributed by atoms with Crippen molar-refractivity contribution in [3.8, 4) is 23.1 Å². The average molecular weight is 322 g/mol. The molecule has 3 heterocycles. The highest BCUT2D eigenvalue weighted by molar-refractivity contribution is 5.87. The molecule has 0 aliphatic carbocycles. The topological polar surface area (TPSA) is 107 Å². The van der Waals surface area contributed by atoms with Crippen LogP contribution >= 0.6 is 0 Å². The van der Waals surface area contributed by atoms with Crippen LogP contribution in [0.3, 0.4) is 0 Å². The Hall–Kier alpha value is -3.80. The Balaban J connectivity index is 2.13. The fraction of sp³-hybridized carbons (Fsp3) is 0.0667. The predicted octanol–water partition coefficient (Wildman–Crippen LogP) is 1.98. The maximum atomic E-state index is 11.2. The molecule has 3 aromatic heterocycles. The molecule has 0 amide bonds. The summed E-state index contributed by atoms with van der Waals surface area (Å²) >= 11 is 0. The zero-order valence-electron chi connectivity index (χ0n) is 12.4. The van der Waals surface area contributed by atoms with E-state index in [1.165, 1.54) is 24.1 Å². The molecule has 0 aromatic carbocycles. The van der Waals surface area contributed by atoms with Gasteiger partial charge >= 0.3 is 5.97 Å². The number of aromatic carboxylic acids is 1. The number of aromatic nitrogens is 5. The third kappa shape index (κ3) is 2.76. The maximum absolute atomic E-state index is 11.2. The van der Waals surface area contributed by atoms with Crippen molar-refractivity contribution in [2.75, 3.05) is 7.11 Å². The van der Waals surface area contributed by atoms with Crippen molar-refractivity contribution in [2.24, 2.45) is 0 Å². The third-order valence-electron chi connectivity index (χ3n) is 3.12. The lowest BCUT2D eigenvalue weighted by Gasteiger charge is -2.06. The lowest BCUT2D eigenvalue weighted by Crippen LogP contribution is -2.05. The van der Waals surface area contributed by atoms with Crippen molar-refractivity contribution in [1.29, 1.82) is 0 Å². The Labute approximate surface area is 136 Å². The molecule has 0 saturated carbocycles. The summed E-state index contributed by atoms with van der Waals surface area (Å²) in [5.41, 5.74) is 1.11. The Morgan fingerprint density at radius 1 is 1.29 bits per heavy atom. The van der Waals surface area contributed by atoms with Crippen molar-refractivity contribution in [3.63, 3.8) is 0 Å². The highest BCUT2D eigenvalue weighted by Gasteiger charge is 2.18. The second-order valence-corrected chi connectivity index (χ2v) is 4.58. The van der Waals surface area contributed by atoms with Gasteiger partial charge in [-0.25, -0.2) is 14.3 Å². The highest BCUT2D eigenvalue weighted by Crippen LogP contribution is 2.23. The summed E-state index contributed by atoms with van der Waals surface area (Å²) < 4.78 is 6.28. The summed E-state index contributed by atoms with van der Waals surface area (Å²) in [4.78, 5) is 18.7. The molecule has 0 aliphatic rings. The van der Waals surface area contributed by atoms with Crippen LogP contribution in [0.2, 0.25) is 0 Å². The molecule has 0 aliphatic heterocycles. The first-order valence-electron chi connectivity index (χ1n) is 6.67. The molecule has 0 fully saturated rings. The van der Waals surface area contributed by atoms with Gasteiger partial charge in [0.1, 0.15) is 0 Å². The van der Waals surface area contributed by atoms with Crippen LogP contribution < -0.4 is 4.74 Å². The van der Waals surface area contributed by atoms with E-state index in [0.29, 0.717) is 28.8 Å². The summed E-state index contributed by atoms with van der Waals surface area (Å²) in [6.07, 6.45) is 1.40. The van der Waals surface area contributed by atoms with E-state index < -0.39 is 5.97 Å². The Morgan fingerprint density at radius 3 is 2.67 bits per heavy atom. The second-order valence-electron chi connectivity index (χ2n) is 4.58. The number of hydrogen-bond donors (Lipinski definition) is 1. The molecule has 0 spiro atoms. The van der Waals surface area contributed by atoms with Crippen molar-refractivity contribution < 1.29 is 14.6 Å². The lowest BCUT2D eigenvalue weighted by molar-refractivity contribution is 0.0690. The normalized spacial score (nSPS) is 10.2. The van der Waals surface area contributed by atoms with Crippen LogP contribution in [0, 0.1) is 6.57 Å². The monoisotopic (exact) mass is 322 g/mol. The van der Waals surface area contributed by atoms with Gasteiger partial charge in [0.25, 0.3) is 0 Å². The van der Waals surface area contributed by atoms with Gasteiger partial charge in [-0.15, -0.1) is 10.2 Å². The average Bonchev–Trinajstić information content (AvgIpc) is 3.07. The van der Waals surface area contributed by atoms with E-state index in [1.54, 1.807) is 24.3 Å². The van der Waals surface area contributed by atoms with Crippen LogP contribution in [-0.2, 0) is 0 Å². The predicted molar refractivity (Wildman–Crippen MR) is 82.2 cm³/mol. The lowest BCUT2D eigenvalue weighted by atomic mass is 10.2. The van der Waals surface area contributed by atoms with Crippen LogP contribution in [0.5, 0.6) is 5.88 Å². The standard InChI is InChI=1S/C15H10N6O3/c1-16-9-3-4-10(17-8-9)12-7-11(15(22)23)20-21(12)13-5-6-14(24-2)19-18-13/h3-8H,2H3,(H,22,23). The van der Waals surface area contributed by atoms with Gasteiger partial charge in [-0.3, -0.25) is 4.98 Å². The fourth-order valence-electron chi connectivity index (χ4n) is 1.98. The molecule has 3 rings (SSSR count). The van der Waals surface area contributed by atoms with Crippen molar-refractivity contribution in [2.45, 2.75) is 0 Å². The van der Waals surface area contributed by atoms with Crippen molar-refractivity contribution >= 4 is 11.7 Å². The van der Waals surface area contributed by atoms with Crippen molar-refractivity contribution in [3.05, 3.63) is 53.6 Å².